The first-order chi connectivity index (χ1) is 5.52. The number of carboxylic acids is 1. The first-order valence-corrected chi connectivity index (χ1v) is 3.11. The lowest BCUT2D eigenvalue weighted by Crippen LogP contribution is -2.30. The number of aromatic nitrogens is 2. The lowest BCUT2D eigenvalue weighted by molar-refractivity contribution is -0.164. The summed E-state index contributed by atoms with van der Waals surface area (Å²) in [5, 5.41) is 8.06. The fourth-order valence-corrected chi connectivity index (χ4v) is 0.696. The van der Waals surface area contributed by atoms with E-state index in [0.717, 1.165) is 6.20 Å². The van der Waals surface area contributed by atoms with E-state index in [-0.39, 0.29) is 5.69 Å². The smallest absolute Gasteiger partial charge is 0.374 e. The molecule has 0 unspecified atom stereocenters. The van der Waals surface area contributed by atoms with E-state index in [2.05, 4.69) is 9.97 Å². The fourth-order valence-electron chi connectivity index (χ4n) is 0.696. The van der Waals surface area contributed by atoms with E-state index in [4.69, 9.17) is 5.11 Å². The molecular formula is C6H6F2N2O2. The average Bonchev–Trinajstić information content (AvgIpc) is 2.38. The van der Waals surface area contributed by atoms with Crippen LogP contribution in [0.25, 0.3) is 0 Å². The highest BCUT2D eigenvalue weighted by atomic mass is 19.3. The zero-order valence-corrected chi connectivity index (χ0v) is 5.92. The number of rotatable bonds is 3. The molecule has 12 heavy (non-hydrogen) atoms. The van der Waals surface area contributed by atoms with Gasteiger partial charge in [-0.3, -0.25) is 0 Å². The summed E-state index contributed by atoms with van der Waals surface area (Å²) in [4.78, 5) is 15.8. The third-order valence-corrected chi connectivity index (χ3v) is 1.28. The molecule has 1 aromatic rings. The van der Waals surface area contributed by atoms with Gasteiger partial charge in [0.2, 0.25) is 0 Å². The number of aromatic amines is 1. The minimum absolute atomic E-state index is 0.0994. The van der Waals surface area contributed by atoms with Gasteiger partial charge in [-0.05, 0) is 0 Å². The van der Waals surface area contributed by atoms with Crippen LogP contribution in [0.2, 0.25) is 0 Å². The van der Waals surface area contributed by atoms with Crippen molar-refractivity contribution in [2.45, 2.75) is 12.3 Å². The van der Waals surface area contributed by atoms with Crippen molar-refractivity contribution < 1.29 is 18.7 Å². The highest BCUT2D eigenvalue weighted by Crippen LogP contribution is 2.18. The molecule has 0 atom stereocenters. The maximum Gasteiger partial charge on any atom is 0.374 e. The molecule has 4 nitrogen and oxygen atoms in total. The van der Waals surface area contributed by atoms with Crippen LogP contribution >= 0.6 is 0 Å². The molecule has 0 aliphatic carbocycles. The molecule has 66 valence electrons. The van der Waals surface area contributed by atoms with Crippen molar-refractivity contribution in [2.24, 2.45) is 0 Å². The van der Waals surface area contributed by atoms with Gasteiger partial charge in [0, 0.05) is 11.9 Å². The summed E-state index contributed by atoms with van der Waals surface area (Å²) < 4.78 is 24.9. The highest BCUT2D eigenvalue weighted by Gasteiger charge is 2.39. The van der Waals surface area contributed by atoms with E-state index in [9.17, 15) is 13.6 Å². The normalized spacial score (nSPS) is 11.5. The Balaban J connectivity index is 2.69. The summed E-state index contributed by atoms with van der Waals surface area (Å²) in [6.45, 7) is 0. The van der Waals surface area contributed by atoms with Crippen molar-refractivity contribution >= 4 is 5.97 Å². The number of carboxylic acid groups (broad SMARTS) is 1. The monoisotopic (exact) mass is 176 g/mol. The molecule has 6 heteroatoms. The molecule has 0 amide bonds. The van der Waals surface area contributed by atoms with Gasteiger partial charge >= 0.3 is 11.9 Å². The van der Waals surface area contributed by atoms with Crippen molar-refractivity contribution in [3.63, 3.8) is 0 Å². The fraction of sp³-hybridized carbons (Fsp3) is 0.333. The molecule has 1 aromatic heterocycles. The van der Waals surface area contributed by atoms with Gasteiger partial charge in [-0.1, -0.05) is 0 Å². The molecular weight excluding hydrogens is 170 g/mol. The largest absolute Gasteiger partial charge is 0.477 e. The number of alkyl halides is 2. The molecule has 0 aromatic carbocycles. The highest BCUT2D eigenvalue weighted by molar-refractivity contribution is 5.75. The Labute approximate surface area is 66.2 Å². The van der Waals surface area contributed by atoms with Crippen molar-refractivity contribution in [3.05, 3.63) is 18.2 Å². The number of halogens is 2. The maximum absolute atomic E-state index is 12.5. The van der Waals surface area contributed by atoms with Gasteiger partial charge in [0.15, 0.2) is 0 Å². The van der Waals surface area contributed by atoms with Crippen LogP contribution in [0.5, 0.6) is 0 Å². The standard InChI is InChI=1S/C6H6F2N2O2/c7-6(8,5(11)12)1-4-2-9-3-10-4/h2-3H,1H2,(H,9,10)(H,11,12). The lowest BCUT2D eigenvalue weighted by atomic mass is 10.2. The molecule has 0 aliphatic heterocycles. The van der Waals surface area contributed by atoms with Crippen molar-refractivity contribution in [1.29, 1.82) is 0 Å². The number of nitrogens with zero attached hydrogens (tertiary/aromatic N) is 1. The Bertz CT molecular complexity index is 271. The quantitative estimate of drug-likeness (QED) is 0.711. The van der Waals surface area contributed by atoms with Crippen molar-refractivity contribution in [1.82, 2.24) is 9.97 Å². The van der Waals surface area contributed by atoms with Crippen LogP contribution in [0.4, 0.5) is 8.78 Å². The van der Waals surface area contributed by atoms with Gasteiger partial charge in [-0.2, -0.15) is 8.78 Å². The van der Waals surface area contributed by atoms with Crippen LogP contribution in [-0.2, 0) is 11.2 Å². The summed E-state index contributed by atoms with van der Waals surface area (Å²) in [6.07, 6.45) is 1.52. The number of H-pyrrole nitrogens is 1. The molecule has 0 fully saturated rings. The van der Waals surface area contributed by atoms with Gasteiger partial charge in [0.1, 0.15) is 0 Å². The van der Waals surface area contributed by atoms with Crippen LogP contribution in [0.15, 0.2) is 12.5 Å². The molecule has 0 spiro atoms. The predicted octanol–water partition coefficient (Wildman–Crippen LogP) is 0.672. The molecule has 0 saturated carbocycles. The zero-order chi connectivity index (χ0) is 9.19. The number of aliphatic carboxylic acids is 1. The van der Waals surface area contributed by atoms with E-state index in [1.165, 1.54) is 6.33 Å². The first-order valence-electron chi connectivity index (χ1n) is 3.11. The van der Waals surface area contributed by atoms with E-state index in [1.807, 2.05) is 0 Å². The van der Waals surface area contributed by atoms with E-state index in [0.29, 0.717) is 0 Å². The molecule has 1 heterocycles. The molecule has 0 bridgehead atoms. The molecule has 0 saturated heterocycles. The minimum atomic E-state index is -3.73. The summed E-state index contributed by atoms with van der Waals surface area (Å²) in [5.41, 5.74) is 0.0994. The number of imidazole rings is 1. The van der Waals surface area contributed by atoms with Gasteiger partial charge in [0.25, 0.3) is 0 Å². The number of carbonyl (C=O) groups is 1. The van der Waals surface area contributed by atoms with Crippen LogP contribution in [0.1, 0.15) is 5.69 Å². The lowest BCUT2D eigenvalue weighted by Gasteiger charge is -2.08. The zero-order valence-electron chi connectivity index (χ0n) is 5.92. The van der Waals surface area contributed by atoms with Crippen LogP contribution in [0.3, 0.4) is 0 Å². The molecule has 1 rings (SSSR count). The van der Waals surface area contributed by atoms with E-state index in [1.54, 1.807) is 0 Å². The summed E-state index contributed by atoms with van der Waals surface area (Å²) in [5.74, 6) is -5.86. The van der Waals surface area contributed by atoms with Crippen LogP contribution in [-0.4, -0.2) is 27.0 Å². The Morgan fingerprint density at radius 1 is 1.75 bits per heavy atom. The maximum atomic E-state index is 12.5. The van der Waals surface area contributed by atoms with Gasteiger partial charge in [-0.25, -0.2) is 9.78 Å². The predicted molar refractivity (Wildman–Crippen MR) is 34.9 cm³/mol. The summed E-state index contributed by atoms with van der Waals surface area (Å²) in [6, 6.07) is 0. The number of nitrogens with one attached hydrogen (secondary N) is 1. The minimum Gasteiger partial charge on any atom is -0.477 e. The third kappa shape index (κ3) is 1.77. The number of hydrogen-bond donors (Lipinski definition) is 2. The van der Waals surface area contributed by atoms with Gasteiger partial charge < -0.3 is 10.1 Å². The second kappa shape index (κ2) is 2.88. The van der Waals surface area contributed by atoms with Crippen LogP contribution in [0, 0.1) is 0 Å². The van der Waals surface area contributed by atoms with Crippen molar-refractivity contribution in [2.75, 3.05) is 0 Å². The average molecular weight is 176 g/mol. The SMILES string of the molecule is O=C(O)C(F)(F)Cc1cnc[nH]1. The van der Waals surface area contributed by atoms with Gasteiger partial charge in [-0.15, -0.1) is 0 Å². The third-order valence-electron chi connectivity index (χ3n) is 1.28. The summed E-state index contributed by atoms with van der Waals surface area (Å²) >= 11 is 0. The Hall–Kier alpha value is -1.46. The number of hydrogen-bond acceptors (Lipinski definition) is 2. The second-order valence-corrected chi connectivity index (χ2v) is 2.26. The Morgan fingerprint density at radius 2 is 2.42 bits per heavy atom. The molecule has 0 radical (unpaired) electrons. The van der Waals surface area contributed by atoms with Crippen LogP contribution < -0.4 is 0 Å². The topological polar surface area (TPSA) is 66.0 Å². The van der Waals surface area contributed by atoms with Gasteiger partial charge in [0.05, 0.1) is 12.7 Å². The molecule has 0 aliphatic rings. The van der Waals surface area contributed by atoms with Crippen molar-refractivity contribution in [3.8, 4) is 0 Å². The summed E-state index contributed by atoms with van der Waals surface area (Å²) in [7, 11) is 0. The van der Waals surface area contributed by atoms with E-state index < -0.39 is 18.3 Å². The Morgan fingerprint density at radius 3 is 2.83 bits per heavy atom. The molecule has 2 N–H and O–H groups in total. The first kappa shape index (κ1) is 8.63. The Kier molecular flexibility index (Phi) is 2.07. The van der Waals surface area contributed by atoms with E-state index >= 15 is 0 Å². The second-order valence-electron chi connectivity index (χ2n) is 2.26.